The summed E-state index contributed by atoms with van der Waals surface area (Å²) in [5, 5.41) is 0. The first kappa shape index (κ1) is 12.5. The average molecular weight is 238 g/mol. The van der Waals surface area contributed by atoms with Gasteiger partial charge < -0.3 is 0 Å². The van der Waals surface area contributed by atoms with Crippen molar-refractivity contribution in [1.29, 1.82) is 0 Å². The van der Waals surface area contributed by atoms with E-state index >= 15 is 0 Å². The predicted octanol–water partition coefficient (Wildman–Crippen LogP) is 4.53. The summed E-state index contributed by atoms with van der Waals surface area (Å²) in [4.78, 5) is 0. The molecule has 0 bridgehead atoms. The van der Waals surface area contributed by atoms with Crippen molar-refractivity contribution in [2.45, 2.75) is 59.3 Å². The molecule has 2 rings (SSSR count). The second kappa shape index (κ2) is 3.30. The molecule has 1 aromatic carbocycles. The van der Waals surface area contributed by atoms with Crippen LogP contribution < -0.4 is 0 Å². The van der Waals surface area contributed by atoms with Crippen LogP contribution in [0, 0.1) is 34.6 Å². The molecule has 2 heteroatoms. The van der Waals surface area contributed by atoms with E-state index in [-0.39, 0.29) is 6.42 Å². The van der Waals surface area contributed by atoms with E-state index in [1.165, 1.54) is 5.56 Å². The molecule has 0 radical (unpaired) electrons. The van der Waals surface area contributed by atoms with Crippen molar-refractivity contribution in [2.24, 2.45) is 0 Å². The molecule has 1 aliphatic rings. The highest BCUT2D eigenvalue weighted by Crippen LogP contribution is 2.63. The van der Waals surface area contributed by atoms with Gasteiger partial charge in [-0.15, -0.1) is 0 Å². The van der Waals surface area contributed by atoms with Crippen molar-refractivity contribution in [2.75, 3.05) is 0 Å². The van der Waals surface area contributed by atoms with Crippen molar-refractivity contribution < 1.29 is 8.78 Å². The summed E-state index contributed by atoms with van der Waals surface area (Å²) in [6, 6.07) is 0. The third-order valence-corrected chi connectivity index (χ3v) is 4.81. The monoisotopic (exact) mass is 238 g/mol. The number of rotatable bonds is 1. The van der Waals surface area contributed by atoms with E-state index in [1.54, 1.807) is 6.92 Å². The van der Waals surface area contributed by atoms with Crippen LogP contribution >= 0.6 is 0 Å². The Kier molecular flexibility index (Phi) is 2.44. The Morgan fingerprint density at radius 3 is 1.35 bits per heavy atom. The van der Waals surface area contributed by atoms with E-state index in [4.69, 9.17) is 0 Å². The topological polar surface area (TPSA) is 0 Å². The summed E-state index contributed by atoms with van der Waals surface area (Å²) in [5.41, 5.74) is 5.58. The van der Waals surface area contributed by atoms with Crippen molar-refractivity contribution in [3.63, 3.8) is 0 Å². The second-order valence-electron chi connectivity index (χ2n) is 5.71. The molecule has 0 saturated heterocycles. The standard InChI is InChI=1S/C15H20F2/c1-8-9(2)11(4)13(12(5)10(8)3)14(6)7-15(14,16)17/h7H2,1-6H3. The smallest absolute Gasteiger partial charge is 0.206 e. The fraction of sp³-hybridized carbons (Fsp3) is 0.600. The quantitative estimate of drug-likeness (QED) is 0.674. The van der Waals surface area contributed by atoms with Crippen molar-refractivity contribution in [1.82, 2.24) is 0 Å². The van der Waals surface area contributed by atoms with Gasteiger partial charge in [-0.3, -0.25) is 0 Å². The molecule has 1 fully saturated rings. The first-order valence-electron chi connectivity index (χ1n) is 6.09. The minimum Gasteiger partial charge on any atom is -0.206 e. The van der Waals surface area contributed by atoms with Gasteiger partial charge in [0.05, 0.1) is 5.41 Å². The summed E-state index contributed by atoms with van der Waals surface area (Å²) in [5.74, 6) is -2.53. The molecule has 1 unspecified atom stereocenters. The lowest BCUT2D eigenvalue weighted by atomic mass is 9.82. The van der Waals surface area contributed by atoms with Crippen LogP contribution in [-0.2, 0) is 5.41 Å². The zero-order valence-electron chi connectivity index (χ0n) is 11.5. The maximum atomic E-state index is 13.6. The molecule has 0 nitrogen and oxygen atoms in total. The van der Waals surface area contributed by atoms with Crippen LogP contribution in [0.3, 0.4) is 0 Å². The summed E-state index contributed by atoms with van der Waals surface area (Å²) in [6.45, 7) is 11.8. The van der Waals surface area contributed by atoms with Gasteiger partial charge in [0.1, 0.15) is 0 Å². The lowest BCUT2D eigenvalue weighted by Gasteiger charge is -2.23. The largest absolute Gasteiger partial charge is 0.258 e. The molecule has 0 heterocycles. The summed E-state index contributed by atoms with van der Waals surface area (Å²) < 4.78 is 27.2. The number of benzene rings is 1. The maximum absolute atomic E-state index is 13.6. The lowest BCUT2D eigenvalue weighted by Crippen LogP contribution is -2.17. The van der Waals surface area contributed by atoms with Gasteiger partial charge in [0.2, 0.25) is 0 Å². The maximum Gasteiger partial charge on any atom is 0.258 e. The minimum absolute atomic E-state index is 0.0103. The van der Waals surface area contributed by atoms with Gasteiger partial charge in [-0.1, -0.05) is 0 Å². The Morgan fingerprint density at radius 2 is 1.06 bits per heavy atom. The molecular weight excluding hydrogens is 218 g/mol. The number of alkyl halides is 2. The molecule has 0 spiro atoms. The van der Waals surface area contributed by atoms with Crippen LogP contribution in [-0.4, -0.2) is 5.92 Å². The number of hydrogen-bond acceptors (Lipinski definition) is 0. The molecular formula is C15H20F2. The van der Waals surface area contributed by atoms with Gasteiger partial charge in [0.25, 0.3) is 5.92 Å². The van der Waals surface area contributed by atoms with E-state index in [0.29, 0.717) is 0 Å². The van der Waals surface area contributed by atoms with Gasteiger partial charge in [0.15, 0.2) is 0 Å². The molecule has 94 valence electrons. The Morgan fingerprint density at radius 1 is 0.765 bits per heavy atom. The number of halogens is 2. The highest BCUT2D eigenvalue weighted by molar-refractivity contribution is 5.55. The lowest BCUT2D eigenvalue weighted by molar-refractivity contribution is 0.0917. The second-order valence-corrected chi connectivity index (χ2v) is 5.71. The van der Waals surface area contributed by atoms with Crippen molar-refractivity contribution in [3.05, 3.63) is 33.4 Å². The van der Waals surface area contributed by atoms with E-state index < -0.39 is 11.3 Å². The Balaban J connectivity index is 2.73. The molecule has 0 N–H and O–H groups in total. The SMILES string of the molecule is Cc1c(C)c(C)c(C2(C)CC2(F)F)c(C)c1C. The zero-order chi connectivity index (χ0) is 13.2. The fourth-order valence-electron chi connectivity index (χ4n) is 3.00. The van der Waals surface area contributed by atoms with Crippen LogP contribution in [0.15, 0.2) is 0 Å². The molecule has 1 aliphatic carbocycles. The molecule has 0 aliphatic heterocycles. The van der Waals surface area contributed by atoms with E-state index in [9.17, 15) is 8.78 Å². The highest BCUT2D eigenvalue weighted by atomic mass is 19.3. The Bertz CT molecular complexity index is 471. The molecule has 0 aromatic heterocycles. The highest BCUT2D eigenvalue weighted by Gasteiger charge is 2.69. The van der Waals surface area contributed by atoms with E-state index in [2.05, 4.69) is 6.92 Å². The van der Waals surface area contributed by atoms with Crippen LogP contribution in [0.5, 0.6) is 0 Å². The van der Waals surface area contributed by atoms with E-state index in [0.717, 1.165) is 27.8 Å². The number of hydrogen-bond donors (Lipinski definition) is 0. The first-order chi connectivity index (χ1) is 7.63. The first-order valence-corrected chi connectivity index (χ1v) is 6.09. The zero-order valence-corrected chi connectivity index (χ0v) is 11.5. The molecule has 1 atom stereocenters. The normalized spacial score (nSPS) is 26.1. The summed E-state index contributed by atoms with van der Waals surface area (Å²) in [6.07, 6.45) is -0.0103. The summed E-state index contributed by atoms with van der Waals surface area (Å²) >= 11 is 0. The van der Waals surface area contributed by atoms with Gasteiger partial charge in [-0.05, 0) is 74.9 Å². The van der Waals surface area contributed by atoms with Crippen LogP contribution in [0.1, 0.15) is 46.7 Å². The van der Waals surface area contributed by atoms with Gasteiger partial charge in [-0.25, -0.2) is 8.78 Å². The van der Waals surface area contributed by atoms with Crippen molar-refractivity contribution >= 4 is 0 Å². The average Bonchev–Trinajstić information content (AvgIpc) is 2.73. The van der Waals surface area contributed by atoms with E-state index in [1.807, 2.05) is 27.7 Å². The predicted molar refractivity (Wildman–Crippen MR) is 67.0 cm³/mol. The Hall–Kier alpha value is -0.920. The Labute approximate surface area is 102 Å². The molecule has 0 amide bonds. The minimum atomic E-state index is -2.53. The van der Waals surface area contributed by atoms with Crippen LogP contribution in [0.25, 0.3) is 0 Å². The van der Waals surface area contributed by atoms with Gasteiger partial charge in [0, 0.05) is 6.42 Å². The molecule has 17 heavy (non-hydrogen) atoms. The third kappa shape index (κ3) is 1.46. The third-order valence-electron chi connectivity index (χ3n) is 4.81. The van der Waals surface area contributed by atoms with Crippen LogP contribution in [0.2, 0.25) is 0 Å². The van der Waals surface area contributed by atoms with Gasteiger partial charge >= 0.3 is 0 Å². The summed E-state index contributed by atoms with van der Waals surface area (Å²) in [7, 11) is 0. The van der Waals surface area contributed by atoms with Crippen molar-refractivity contribution in [3.8, 4) is 0 Å². The fourth-order valence-corrected chi connectivity index (χ4v) is 3.00. The molecule has 1 aromatic rings. The molecule has 1 saturated carbocycles. The van der Waals surface area contributed by atoms with Crippen LogP contribution in [0.4, 0.5) is 8.78 Å². The van der Waals surface area contributed by atoms with Gasteiger partial charge in [-0.2, -0.15) is 0 Å².